The molecule has 0 spiro atoms. The normalized spacial score (nSPS) is 25.1. The van der Waals surface area contributed by atoms with Gasteiger partial charge in [0.15, 0.2) is 12.2 Å². The van der Waals surface area contributed by atoms with Crippen LogP contribution >= 0.6 is 0 Å². The number of allylic oxidation sites excluding steroid dienone is 3. The Morgan fingerprint density at radius 2 is 2.18 bits per heavy atom. The molecule has 0 aromatic rings. The highest BCUT2D eigenvalue weighted by Crippen LogP contribution is 2.35. The Kier molecular flexibility index (Phi) is 4.99. The van der Waals surface area contributed by atoms with Gasteiger partial charge < -0.3 is 9.47 Å². The summed E-state index contributed by atoms with van der Waals surface area (Å²) in [5.74, 6) is 5.21. The van der Waals surface area contributed by atoms with Crippen LogP contribution in [-0.2, 0) is 19.1 Å². The van der Waals surface area contributed by atoms with Crippen LogP contribution in [0.4, 0.5) is 0 Å². The highest BCUT2D eigenvalue weighted by molar-refractivity contribution is 6.06. The van der Waals surface area contributed by atoms with Crippen molar-refractivity contribution in [2.24, 2.45) is 0 Å². The third kappa shape index (κ3) is 4.19. The van der Waals surface area contributed by atoms with Gasteiger partial charge in [0.05, 0.1) is 5.57 Å². The number of rotatable bonds is 4. The lowest BCUT2D eigenvalue weighted by atomic mass is 9.96. The minimum absolute atomic E-state index is 0.141. The molecule has 0 amide bonds. The maximum Gasteiger partial charge on any atom is 0.303 e. The van der Waals surface area contributed by atoms with Crippen molar-refractivity contribution in [2.45, 2.75) is 51.9 Å². The second kappa shape index (κ2) is 6.76. The molecule has 2 rings (SSSR count). The number of ether oxygens (including phenoxy) is 2. The first-order valence-electron chi connectivity index (χ1n) is 7.30. The van der Waals surface area contributed by atoms with Crippen LogP contribution in [0.15, 0.2) is 35.5 Å². The van der Waals surface area contributed by atoms with Crippen molar-refractivity contribution in [3.8, 4) is 11.8 Å². The van der Waals surface area contributed by atoms with Gasteiger partial charge in [-0.1, -0.05) is 30.1 Å². The van der Waals surface area contributed by atoms with Gasteiger partial charge in [-0.15, -0.1) is 0 Å². The van der Waals surface area contributed by atoms with Crippen molar-refractivity contribution in [2.75, 3.05) is 0 Å². The maximum absolute atomic E-state index is 12.0. The molecule has 0 aromatic heterocycles. The molecule has 0 unspecified atom stereocenters. The highest BCUT2D eigenvalue weighted by atomic mass is 16.6. The molecule has 0 bridgehead atoms. The number of fused-ring (bicyclic) bond motifs is 1. The lowest BCUT2D eigenvalue weighted by molar-refractivity contribution is -0.145. The molecule has 2 aliphatic rings. The van der Waals surface area contributed by atoms with Crippen molar-refractivity contribution in [1.82, 2.24) is 0 Å². The molecule has 1 fully saturated rings. The minimum Gasteiger partial charge on any atom is -0.455 e. The van der Waals surface area contributed by atoms with E-state index >= 15 is 0 Å². The predicted octanol–water partition coefficient (Wildman–Crippen LogP) is 2.50. The average molecular weight is 300 g/mol. The van der Waals surface area contributed by atoms with Gasteiger partial charge >= 0.3 is 5.97 Å². The van der Waals surface area contributed by atoms with E-state index in [1.807, 2.05) is 13.8 Å². The molecule has 0 saturated carbocycles. The Morgan fingerprint density at radius 1 is 1.45 bits per heavy atom. The first-order chi connectivity index (χ1) is 10.4. The van der Waals surface area contributed by atoms with Gasteiger partial charge in [-0.25, -0.2) is 0 Å². The molecule has 0 N–H and O–H groups in total. The molecule has 116 valence electrons. The highest BCUT2D eigenvalue weighted by Gasteiger charge is 2.54. The first-order valence-corrected chi connectivity index (χ1v) is 7.30. The summed E-state index contributed by atoms with van der Waals surface area (Å²) in [5, 5.41) is 0. The molecule has 1 saturated heterocycles. The zero-order chi connectivity index (χ0) is 16.3. The monoisotopic (exact) mass is 300 g/mol. The predicted molar refractivity (Wildman–Crippen MR) is 82.9 cm³/mol. The van der Waals surface area contributed by atoms with Gasteiger partial charge in [-0.2, -0.15) is 0 Å². The van der Waals surface area contributed by atoms with Gasteiger partial charge in [0, 0.05) is 6.92 Å². The average Bonchev–Trinajstić information content (AvgIpc) is 3.20. The molecule has 4 heteroatoms. The van der Waals surface area contributed by atoms with Gasteiger partial charge in [0.25, 0.3) is 0 Å². The molecule has 4 nitrogen and oxygen atoms in total. The quantitative estimate of drug-likeness (QED) is 0.346. The van der Waals surface area contributed by atoms with E-state index in [4.69, 9.17) is 9.47 Å². The summed E-state index contributed by atoms with van der Waals surface area (Å²) < 4.78 is 10.4. The number of carbonyl (C=O) groups is 2. The molecule has 22 heavy (non-hydrogen) atoms. The molecular weight excluding hydrogens is 280 g/mol. The zero-order valence-corrected chi connectivity index (χ0v) is 13.1. The van der Waals surface area contributed by atoms with Crippen molar-refractivity contribution in [3.05, 3.63) is 35.5 Å². The zero-order valence-electron chi connectivity index (χ0n) is 13.1. The Hall–Kier alpha value is -2.12. The van der Waals surface area contributed by atoms with E-state index in [-0.39, 0.29) is 11.9 Å². The Labute approximate surface area is 130 Å². The van der Waals surface area contributed by atoms with E-state index in [9.17, 15) is 9.59 Å². The number of hydrogen-bond acceptors (Lipinski definition) is 4. The maximum atomic E-state index is 12.0. The largest absolute Gasteiger partial charge is 0.455 e. The minimum atomic E-state index is -0.525. The number of Topliss-reactive ketones (excluding diaryl/α,β-unsaturated/α-hetero) is 1. The van der Waals surface area contributed by atoms with Crippen LogP contribution in [0.3, 0.4) is 0 Å². The van der Waals surface area contributed by atoms with E-state index in [1.54, 1.807) is 6.08 Å². The fourth-order valence-corrected chi connectivity index (χ4v) is 2.23. The number of esters is 1. The Bertz CT molecular complexity index is 623. The summed E-state index contributed by atoms with van der Waals surface area (Å²) in [7, 11) is 0. The lowest BCUT2D eigenvalue weighted by Gasteiger charge is -2.14. The van der Waals surface area contributed by atoms with Crippen LogP contribution in [0, 0.1) is 11.8 Å². The molecule has 1 aliphatic heterocycles. The van der Waals surface area contributed by atoms with E-state index in [0.29, 0.717) is 5.57 Å². The summed E-state index contributed by atoms with van der Waals surface area (Å²) in [6.07, 6.45) is 3.96. The topological polar surface area (TPSA) is 55.9 Å². The summed E-state index contributed by atoms with van der Waals surface area (Å²) >= 11 is 0. The second-order valence-corrected chi connectivity index (χ2v) is 5.71. The van der Waals surface area contributed by atoms with Gasteiger partial charge in [-0.3, -0.25) is 9.59 Å². The number of carbonyl (C=O) groups excluding carboxylic acids is 2. The summed E-state index contributed by atoms with van der Waals surface area (Å²) in [6.45, 7) is 9.32. The third-order valence-corrected chi connectivity index (χ3v) is 3.38. The molecule has 0 aromatic carbocycles. The van der Waals surface area contributed by atoms with Gasteiger partial charge in [-0.05, 0) is 38.3 Å². The summed E-state index contributed by atoms with van der Waals surface area (Å²) in [6, 6.07) is 0. The van der Waals surface area contributed by atoms with Crippen LogP contribution in [-0.4, -0.2) is 30.1 Å². The van der Waals surface area contributed by atoms with Crippen molar-refractivity contribution in [1.29, 1.82) is 0 Å². The van der Waals surface area contributed by atoms with E-state index in [2.05, 4.69) is 24.5 Å². The van der Waals surface area contributed by atoms with Crippen molar-refractivity contribution in [3.63, 3.8) is 0 Å². The molecular formula is C18H20O4. The number of hydrogen-bond donors (Lipinski definition) is 0. The summed E-state index contributed by atoms with van der Waals surface area (Å²) in [5.41, 5.74) is 2.37. The van der Waals surface area contributed by atoms with Gasteiger partial charge in [0.1, 0.15) is 6.10 Å². The number of epoxide rings is 1. The summed E-state index contributed by atoms with van der Waals surface area (Å²) in [4.78, 5) is 23.1. The Morgan fingerprint density at radius 3 is 2.82 bits per heavy atom. The number of ketones is 1. The van der Waals surface area contributed by atoms with E-state index in [1.165, 1.54) is 12.5 Å². The van der Waals surface area contributed by atoms with Crippen molar-refractivity contribution < 1.29 is 19.1 Å². The molecule has 1 aliphatic carbocycles. The smallest absolute Gasteiger partial charge is 0.303 e. The fraction of sp³-hybridized carbons (Fsp3) is 0.444. The lowest BCUT2D eigenvalue weighted by Crippen LogP contribution is -2.30. The first kappa shape index (κ1) is 16.3. The van der Waals surface area contributed by atoms with Crippen molar-refractivity contribution >= 4 is 11.8 Å². The van der Waals surface area contributed by atoms with Crippen LogP contribution in [0.2, 0.25) is 0 Å². The third-order valence-electron chi connectivity index (χ3n) is 3.38. The second-order valence-electron chi connectivity index (χ2n) is 5.71. The van der Waals surface area contributed by atoms with Crippen LogP contribution in [0.5, 0.6) is 0 Å². The van der Waals surface area contributed by atoms with Crippen LogP contribution in [0.1, 0.15) is 33.6 Å². The Balaban J connectivity index is 2.01. The van der Waals surface area contributed by atoms with E-state index < -0.39 is 18.2 Å². The SMILES string of the molecule is C=C(C#CC1=C[C@H](OC(C)=O)[C@H]2O[C@H]2C1=O)CCC=C(C)C. The fourth-order valence-electron chi connectivity index (χ4n) is 2.23. The van der Waals surface area contributed by atoms with Crippen LogP contribution < -0.4 is 0 Å². The van der Waals surface area contributed by atoms with Crippen LogP contribution in [0.25, 0.3) is 0 Å². The van der Waals surface area contributed by atoms with Gasteiger partial charge in [0.2, 0.25) is 5.78 Å². The molecule has 0 radical (unpaired) electrons. The standard InChI is InChI=1S/C18H20O4/c1-11(2)6-5-7-12(3)8-9-14-10-15(21-13(4)19)17-18(22-17)16(14)20/h6,10,15,17-18H,3,5,7H2,1-2,4H3/t15-,17+,18-/m0/s1. The molecule has 3 atom stereocenters. The molecule has 1 heterocycles. The van der Waals surface area contributed by atoms with E-state index in [0.717, 1.165) is 18.4 Å².